The molecule has 1 saturated heterocycles. The third-order valence-corrected chi connectivity index (χ3v) is 4.75. The molecule has 1 aromatic heterocycles. The maximum absolute atomic E-state index is 12.2. The minimum Gasteiger partial charge on any atom is -0.497 e. The maximum atomic E-state index is 12.2. The van der Waals surface area contributed by atoms with Crippen LogP contribution in [0.4, 0.5) is 10.8 Å². The van der Waals surface area contributed by atoms with Gasteiger partial charge in [-0.05, 0) is 36.5 Å². The molecule has 0 aliphatic carbocycles. The zero-order valence-electron chi connectivity index (χ0n) is 14.2. The lowest BCUT2D eigenvalue weighted by Crippen LogP contribution is -2.44. The molecule has 2 aromatic rings. The van der Waals surface area contributed by atoms with Crippen LogP contribution in [0.25, 0.3) is 0 Å². The summed E-state index contributed by atoms with van der Waals surface area (Å²) in [6.07, 6.45) is 0. The summed E-state index contributed by atoms with van der Waals surface area (Å²) in [4.78, 5) is 18.7. The molecular weight excluding hydrogens is 374 g/mol. The number of methoxy groups -OCH3 is 1. The fraction of sp³-hybridized carbons (Fsp3) is 0.312. The molecule has 26 heavy (non-hydrogen) atoms. The van der Waals surface area contributed by atoms with E-state index in [1.807, 2.05) is 24.3 Å². The number of hydrogen-bond donors (Lipinski definition) is 3. The van der Waals surface area contributed by atoms with Crippen molar-refractivity contribution in [3.8, 4) is 5.75 Å². The number of nitrogens with one attached hydrogen (secondary N) is 3. The van der Waals surface area contributed by atoms with Gasteiger partial charge < -0.3 is 19.7 Å². The number of thiocarbonyl (C=S) groups is 1. The van der Waals surface area contributed by atoms with Gasteiger partial charge in [0.1, 0.15) is 11.4 Å². The van der Waals surface area contributed by atoms with Crippen LogP contribution in [0.1, 0.15) is 10.5 Å². The van der Waals surface area contributed by atoms with Gasteiger partial charge in [0.15, 0.2) is 10.2 Å². The highest BCUT2D eigenvalue weighted by molar-refractivity contribution is 7.80. The van der Waals surface area contributed by atoms with Crippen LogP contribution in [0.3, 0.4) is 0 Å². The first kappa shape index (κ1) is 18.4. The molecule has 10 heteroatoms. The summed E-state index contributed by atoms with van der Waals surface area (Å²) in [6.45, 7) is 2.91. The van der Waals surface area contributed by atoms with Crippen LogP contribution in [-0.2, 0) is 4.74 Å². The van der Waals surface area contributed by atoms with Crippen molar-refractivity contribution in [2.45, 2.75) is 0 Å². The summed E-state index contributed by atoms with van der Waals surface area (Å²) in [6, 6.07) is 7.27. The molecular formula is C16H19N5O3S2. The molecule has 0 atom stereocenters. The van der Waals surface area contributed by atoms with Crippen molar-refractivity contribution in [2.24, 2.45) is 0 Å². The molecule has 1 fully saturated rings. The van der Waals surface area contributed by atoms with Crippen LogP contribution >= 0.6 is 23.6 Å². The van der Waals surface area contributed by atoms with Gasteiger partial charge in [0, 0.05) is 24.2 Å². The lowest BCUT2D eigenvalue weighted by Gasteiger charge is -2.25. The lowest BCUT2D eigenvalue weighted by molar-refractivity contribution is 0.0940. The molecule has 3 rings (SSSR count). The van der Waals surface area contributed by atoms with Crippen molar-refractivity contribution in [1.82, 2.24) is 15.8 Å². The second kappa shape index (κ2) is 8.79. The van der Waals surface area contributed by atoms with Gasteiger partial charge in [-0.1, -0.05) is 0 Å². The Hall–Kier alpha value is -2.43. The Labute approximate surface area is 160 Å². The summed E-state index contributed by atoms with van der Waals surface area (Å²) < 4.78 is 10.4. The zero-order valence-corrected chi connectivity index (χ0v) is 15.8. The Kier molecular flexibility index (Phi) is 6.21. The topological polar surface area (TPSA) is 87.8 Å². The molecule has 1 aliphatic rings. The minimum atomic E-state index is -0.348. The van der Waals surface area contributed by atoms with Crippen LogP contribution in [0.2, 0.25) is 0 Å². The van der Waals surface area contributed by atoms with E-state index in [0.29, 0.717) is 18.9 Å². The van der Waals surface area contributed by atoms with Crippen molar-refractivity contribution >= 4 is 45.4 Å². The number of hydrazine groups is 1. The van der Waals surface area contributed by atoms with E-state index in [2.05, 4.69) is 26.1 Å². The van der Waals surface area contributed by atoms with E-state index in [1.54, 1.807) is 12.5 Å². The average molecular weight is 393 g/mol. The quantitative estimate of drug-likeness (QED) is 0.534. The number of aromatic nitrogens is 1. The number of carbonyl (C=O) groups is 1. The number of hydrogen-bond acceptors (Lipinski definition) is 7. The van der Waals surface area contributed by atoms with Gasteiger partial charge in [-0.15, -0.1) is 11.3 Å². The largest absolute Gasteiger partial charge is 0.497 e. The smallest absolute Gasteiger partial charge is 0.289 e. The fourth-order valence-electron chi connectivity index (χ4n) is 2.28. The van der Waals surface area contributed by atoms with Crippen molar-refractivity contribution in [3.63, 3.8) is 0 Å². The van der Waals surface area contributed by atoms with E-state index < -0.39 is 0 Å². The summed E-state index contributed by atoms with van der Waals surface area (Å²) in [5.74, 6) is 0.405. The Morgan fingerprint density at radius 1 is 1.27 bits per heavy atom. The van der Waals surface area contributed by atoms with E-state index in [0.717, 1.165) is 29.7 Å². The number of rotatable bonds is 4. The second-order valence-electron chi connectivity index (χ2n) is 5.38. The predicted molar refractivity (Wildman–Crippen MR) is 105 cm³/mol. The first-order chi connectivity index (χ1) is 12.7. The van der Waals surface area contributed by atoms with Crippen molar-refractivity contribution in [3.05, 3.63) is 35.3 Å². The monoisotopic (exact) mass is 393 g/mol. The van der Waals surface area contributed by atoms with Gasteiger partial charge in [-0.3, -0.25) is 15.6 Å². The number of morpholine rings is 1. The van der Waals surface area contributed by atoms with Crippen LogP contribution in [0.5, 0.6) is 5.75 Å². The minimum absolute atomic E-state index is 0.271. The summed E-state index contributed by atoms with van der Waals surface area (Å²) in [5.41, 5.74) is 6.33. The third-order valence-electron chi connectivity index (χ3n) is 3.64. The molecule has 138 valence electrons. The number of carbonyl (C=O) groups excluding carboxylic acids is 1. The van der Waals surface area contributed by atoms with Gasteiger partial charge in [-0.2, -0.15) is 0 Å². The molecule has 8 nitrogen and oxygen atoms in total. The van der Waals surface area contributed by atoms with Gasteiger partial charge in [0.2, 0.25) is 0 Å². The van der Waals surface area contributed by atoms with Crippen LogP contribution in [0.15, 0.2) is 29.6 Å². The third kappa shape index (κ3) is 4.81. The molecule has 0 saturated carbocycles. The lowest BCUT2D eigenvalue weighted by atomic mass is 10.3. The first-order valence-corrected chi connectivity index (χ1v) is 9.24. The number of thiazole rings is 1. The molecule has 0 bridgehead atoms. The van der Waals surface area contributed by atoms with Crippen molar-refractivity contribution < 1.29 is 14.3 Å². The Balaban J connectivity index is 1.48. The van der Waals surface area contributed by atoms with Crippen LogP contribution in [-0.4, -0.2) is 49.4 Å². The molecule has 0 spiro atoms. The van der Waals surface area contributed by atoms with E-state index in [1.165, 1.54) is 11.3 Å². The zero-order chi connectivity index (χ0) is 18.4. The summed E-state index contributed by atoms with van der Waals surface area (Å²) in [7, 11) is 1.60. The Morgan fingerprint density at radius 2 is 2.00 bits per heavy atom. The average Bonchev–Trinajstić information content (AvgIpc) is 3.18. The molecule has 2 heterocycles. The highest BCUT2D eigenvalue weighted by Crippen LogP contribution is 2.21. The van der Waals surface area contributed by atoms with Crippen LogP contribution in [0, 0.1) is 0 Å². The highest BCUT2D eigenvalue weighted by atomic mass is 32.1. The standard InChI is InChI=1S/C16H19N5O3S2/c1-23-12-4-2-11(3-5-12)17-15(25)20-19-14(22)13-10-26-16(18-13)21-6-8-24-9-7-21/h2-5,10H,6-9H2,1H3,(H,19,22)(H2,17,20,25). The number of anilines is 2. The van der Waals surface area contributed by atoms with Gasteiger partial charge in [0.25, 0.3) is 5.91 Å². The molecule has 0 radical (unpaired) electrons. The molecule has 1 aromatic carbocycles. The fourth-order valence-corrected chi connectivity index (χ4v) is 3.31. The molecule has 1 amide bonds. The normalized spacial score (nSPS) is 13.8. The summed E-state index contributed by atoms with van der Waals surface area (Å²) in [5, 5.41) is 5.78. The molecule has 0 unspecified atom stereocenters. The number of nitrogens with zero attached hydrogens (tertiary/aromatic N) is 2. The van der Waals surface area contributed by atoms with E-state index in [9.17, 15) is 4.79 Å². The Morgan fingerprint density at radius 3 is 2.69 bits per heavy atom. The van der Waals surface area contributed by atoms with Crippen molar-refractivity contribution in [1.29, 1.82) is 0 Å². The van der Waals surface area contributed by atoms with Crippen molar-refractivity contribution in [2.75, 3.05) is 43.6 Å². The summed E-state index contributed by atoms with van der Waals surface area (Å²) >= 11 is 6.60. The molecule has 3 N–H and O–H groups in total. The maximum Gasteiger partial charge on any atom is 0.289 e. The van der Waals surface area contributed by atoms with E-state index >= 15 is 0 Å². The number of amides is 1. The van der Waals surface area contributed by atoms with Crippen LogP contribution < -0.4 is 25.8 Å². The predicted octanol–water partition coefficient (Wildman–Crippen LogP) is 1.62. The highest BCUT2D eigenvalue weighted by Gasteiger charge is 2.17. The molecule has 1 aliphatic heterocycles. The SMILES string of the molecule is COc1ccc(NC(=S)NNC(=O)c2csc(N3CCOCC3)n2)cc1. The van der Waals surface area contributed by atoms with E-state index in [-0.39, 0.29) is 11.0 Å². The van der Waals surface area contributed by atoms with E-state index in [4.69, 9.17) is 21.7 Å². The number of benzene rings is 1. The Bertz CT molecular complexity index is 760. The van der Waals surface area contributed by atoms with Gasteiger partial charge in [-0.25, -0.2) is 4.98 Å². The first-order valence-electron chi connectivity index (χ1n) is 7.95. The van der Waals surface area contributed by atoms with Gasteiger partial charge in [0.05, 0.1) is 20.3 Å². The number of ether oxygens (including phenoxy) is 2. The second-order valence-corrected chi connectivity index (χ2v) is 6.62. The van der Waals surface area contributed by atoms with Gasteiger partial charge >= 0.3 is 0 Å².